The Morgan fingerprint density at radius 1 is 1.12 bits per heavy atom. The molecular weight excluding hydrogens is 436 g/mol. The summed E-state index contributed by atoms with van der Waals surface area (Å²) in [6.07, 6.45) is 1.67. The van der Waals surface area contributed by atoms with Gasteiger partial charge in [0.25, 0.3) is 5.56 Å². The summed E-state index contributed by atoms with van der Waals surface area (Å²) in [7, 11) is 1.51. The summed E-state index contributed by atoms with van der Waals surface area (Å²) in [6.45, 7) is 1.74. The van der Waals surface area contributed by atoms with E-state index in [0.29, 0.717) is 11.4 Å². The molecule has 0 fully saturated rings. The standard InChI is InChI=1S/C25H24N4O5/c1-15(22-20(34-2)12-7-13-26-22)27-23(31)18(14-16-8-4-3-5-9-16)29-24(32)21-17(28-25(29)33)10-6-11-19(21)30/h3-13,15,18,30H,14H2,1-2H3,(H,27,31)(H,28,33)/t15-,18-/m1/s1. The topological polar surface area (TPSA) is 126 Å². The number of ether oxygens (including phenoxy) is 1. The Morgan fingerprint density at radius 3 is 2.62 bits per heavy atom. The lowest BCUT2D eigenvalue weighted by molar-refractivity contribution is -0.125. The first-order valence-corrected chi connectivity index (χ1v) is 10.7. The maximum Gasteiger partial charge on any atom is 0.329 e. The Balaban J connectivity index is 1.79. The van der Waals surface area contributed by atoms with E-state index >= 15 is 0 Å². The molecule has 0 saturated heterocycles. The summed E-state index contributed by atoms with van der Waals surface area (Å²) in [5, 5.41) is 13.1. The summed E-state index contributed by atoms with van der Waals surface area (Å²) >= 11 is 0. The van der Waals surface area contributed by atoms with Crippen molar-refractivity contribution in [1.82, 2.24) is 19.9 Å². The third-order valence-electron chi connectivity index (χ3n) is 5.61. The Morgan fingerprint density at radius 2 is 1.88 bits per heavy atom. The number of methoxy groups -OCH3 is 1. The molecule has 0 aliphatic heterocycles. The van der Waals surface area contributed by atoms with E-state index in [1.807, 2.05) is 30.3 Å². The zero-order valence-electron chi connectivity index (χ0n) is 18.7. The lowest BCUT2D eigenvalue weighted by Gasteiger charge is -2.22. The monoisotopic (exact) mass is 460 g/mol. The smallest absolute Gasteiger partial charge is 0.329 e. The maximum absolute atomic E-state index is 13.5. The molecular formula is C25H24N4O5. The van der Waals surface area contributed by atoms with Crippen LogP contribution in [0.1, 0.15) is 30.3 Å². The minimum absolute atomic E-state index is 0.0626. The van der Waals surface area contributed by atoms with Crippen molar-refractivity contribution >= 4 is 16.8 Å². The molecule has 2 atom stereocenters. The van der Waals surface area contributed by atoms with E-state index < -0.39 is 29.2 Å². The number of amides is 1. The number of hydrogen-bond acceptors (Lipinski definition) is 6. The van der Waals surface area contributed by atoms with Crippen molar-refractivity contribution < 1.29 is 14.6 Å². The molecule has 0 aliphatic rings. The predicted molar refractivity (Wildman–Crippen MR) is 127 cm³/mol. The van der Waals surface area contributed by atoms with Crippen LogP contribution in [0.5, 0.6) is 11.5 Å². The number of aromatic amines is 1. The number of nitrogens with one attached hydrogen (secondary N) is 2. The molecule has 4 rings (SSSR count). The largest absolute Gasteiger partial charge is 0.507 e. The molecule has 34 heavy (non-hydrogen) atoms. The SMILES string of the molecule is COc1cccnc1[C@@H](C)NC(=O)[C@@H](Cc1ccccc1)n1c(=O)[nH]c2cccc(O)c2c1=O. The van der Waals surface area contributed by atoms with E-state index in [-0.39, 0.29) is 23.1 Å². The zero-order valence-corrected chi connectivity index (χ0v) is 18.7. The van der Waals surface area contributed by atoms with E-state index in [4.69, 9.17) is 4.74 Å². The molecule has 4 aromatic rings. The van der Waals surface area contributed by atoms with Gasteiger partial charge in [-0.3, -0.25) is 14.6 Å². The normalized spacial score (nSPS) is 12.8. The number of carbonyl (C=O) groups is 1. The number of hydrogen-bond donors (Lipinski definition) is 3. The van der Waals surface area contributed by atoms with Gasteiger partial charge in [-0.25, -0.2) is 9.36 Å². The third-order valence-corrected chi connectivity index (χ3v) is 5.61. The second kappa shape index (κ2) is 9.62. The summed E-state index contributed by atoms with van der Waals surface area (Å²) in [5.74, 6) is -0.329. The number of fused-ring (bicyclic) bond motifs is 1. The van der Waals surface area contributed by atoms with Crippen molar-refractivity contribution in [3.63, 3.8) is 0 Å². The Labute approximate surface area is 194 Å². The summed E-state index contributed by atoms with van der Waals surface area (Å²) in [5.41, 5.74) is -0.0430. The van der Waals surface area contributed by atoms with Gasteiger partial charge in [0.05, 0.1) is 18.7 Å². The number of carbonyl (C=O) groups excluding carboxylic acids is 1. The first-order chi connectivity index (χ1) is 16.4. The Kier molecular flexibility index (Phi) is 6.44. The molecule has 9 heteroatoms. The van der Waals surface area contributed by atoms with Gasteiger partial charge in [0.15, 0.2) is 0 Å². The Hall–Kier alpha value is -4.40. The predicted octanol–water partition coefficient (Wildman–Crippen LogP) is 2.46. The van der Waals surface area contributed by atoms with E-state index in [0.717, 1.165) is 10.1 Å². The lowest BCUT2D eigenvalue weighted by atomic mass is 10.0. The number of H-pyrrole nitrogens is 1. The highest BCUT2D eigenvalue weighted by Gasteiger charge is 2.28. The number of nitrogens with zero attached hydrogens (tertiary/aromatic N) is 2. The van der Waals surface area contributed by atoms with Crippen LogP contribution in [0.15, 0.2) is 76.4 Å². The maximum atomic E-state index is 13.5. The fourth-order valence-electron chi connectivity index (χ4n) is 3.96. The fraction of sp³-hybridized carbons (Fsp3) is 0.200. The molecule has 0 spiro atoms. The lowest BCUT2D eigenvalue weighted by Crippen LogP contribution is -2.46. The molecule has 9 nitrogen and oxygen atoms in total. The van der Waals surface area contributed by atoms with E-state index in [9.17, 15) is 19.5 Å². The second-order valence-electron chi connectivity index (χ2n) is 7.83. The van der Waals surface area contributed by atoms with Gasteiger partial charge in [-0.15, -0.1) is 0 Å². The molecule has 0 saturated carbocycles. The van der Waals surface area contributed by atoms with E-state index in [1.165, 1.54) is 25.3 Å². The second-order valence-corrected chi connectivity index (χ2v) is 7.83. The van der Waals surface area contributed by atoms with Crippen LogP contribution >= 0.6 is 0 Å². The van der Waals surface area contributed by atoms with Crippen molar-refractivity contribution in [2.24, 2.45) is 0 Å². The van der Waals surface area contributed by atoms with Crippen molar-refractivity contribution in [3.05, 3.63) is 99.0 Å². The first kappa shape index (κ1) is 22.8. The van der Waals surface area contributed by atoms with Crippen molar-refractivity contribution in [1.29, 1.82) is 0 Å². The van der Waals surface area contributed by atoms with Gasteiger partial charge >= 0.3 is 5.69 Å². The van der Waals surface area contributed by atoms with Crippen LogP contribution in [0.3, 0.4) is 0 Å². The summed E-state index contributed by atoms with van der Waals surface area (Å²) < 4.78 is 6.19. The van der Waals surface area contributed by atoms with Crippen LogP contribution in [-0.2, 0) is 11.2 Å². The number of phenolic OH excluding ortho intramolecular Hbond substituents is 1. The van der Waals surface area contributed by atoms with Crippen molar-refractivity contribution in [2.75, 3.05) is 7.11 Å². The minimum atomic E-state index is -1.18. The van der Waals surface area contributed by atoms with Gasteiger partial charge in [-0.05, 0) is 36.8 Å². The number of pyridine rings is 1. The molecule has 174 valence electrons. The van der Waals surface area contributed by atoms with Crippen LogP contribution in [0.2, 0.25) is 0 Å². The molecule has 0 bridgehead atoms. The van der Waals surface area contributed by atoms with E-state index in [1.54, 1.807) is 25.3 Å². The molecule has 2 aromatic carbocycles. The number of aromatic nitrogens is 3. The molecule has 0 aliphatic carbocycles. The summed E-state index contributed by atoms with van der Waals surface area (Å²) in [4.78, 5) is 46.7. The fourth-order valence-corrected chi connectivity index (χ4v) is 3.96. The third kappa shape index (κ3) is 4.40. The van der Waals surface area contributed by atoms with Crippen LogP contribution in [0.25, 0.3) is 10.9 Å². The number of benzene rings is 2. The van der Waals surface area contributed by atoms with Crippen molar-refractivity contribution in [2.45, 2.75) is 25.4 Å². The average molecular weight is 460 g/mol. The van der Waals surface area contributed by atoms with Gasteiger partial charge in [-0.2, -0.15) is 0 Å². The molecule has 0 radical (unpaired) electrons. The number of phenols is 1. The van der Waals surface area contributed by atoms with Gasteiger partial charge in [0, 0.05) is 12.6 Å². The van der Waals surface area contributed by atoms with Gasteiger partial charge in [0.1, 0.15) is 28.6 Å². The average Bonchev–Trinajstić information content (AvgIpc) is 2.83. The highest BCUT2D eigenvalue weighted by Crippen LogP contribution is 2.24. The quantitative estimate of drug-likeness (QED) is 0.389. The highest BCUT2D eigenvalue weighted by atomic mass is 16.5. The highest BCUT2D eigenvalue weighted by molar-refractivity contribution is 5.85. The van der Waals surface area contributed by atoms with Crippen LogP contribution < -0.4 is 21.3 Å². The van der Waals surface area contributed by atoms with Crippen LogP contribution in [-0.4, -0.2) is 32.7 Å². The minimum Gasteiger partial charge on any atom is -0.507 e. The number of aromatic hydroxyl groups is 1. The molecule has 3 N–H and O–H groups in total. The van der Waals surface area contributed by atoms with Crippen molar-refractivity contribution in [3.8, 4) is 11.5 Å². The molecule has 2 heterocycles. The number of rotatable bonds is 7. The molecule has 1 amide bonds. The first-order valence-electron chi connectivity index (χ1n) is 10.7. The van der Waals surface area contributed by atoms with Crippen LogP contribution in [0, 0.1) is 0 Å². The molecule has 0 unspecified atom stereocenters. The summed E-state index contributed by atoms with van der Waals surface area (Å²) in [6, 6.07) is 15.2. The zero-order chi connectivity index (χ0) is 24.2. The van der Waals surface area contributed by atoms with Gasteiger partial charge in [-0.1, -0.05) is 36.4 Å². The van der Waals surface area contributed by atoms with Crippen LogP contribution in [0.4, 0.5) is 0 Å². The Bertz CT molecular complexity index is 1450. The molecule has 2 aromatic heterocycles. The van der Waals surface area contributed by atoms with E-state index in [2.05, 4.69) is 15.3 Å². The van der Waals surface area contributed by atoms with Gasteiger partial charge < -0.3 is 20.1 Å². The van der Waals surface area contributed by atoms with Gasteiger partial charge in [0.2, 0.25) is 5.91 Å².